The average molecular weight is 209 g/mol. The number of fused-ring (bicyclic) bond motifs is 1. The smallest absolute Gasteiger partial charge is 0.125 e. The predicted octanol–water partition coefficient (Wildman–Crippen LogP) is 2.45. The van der Waals surface area contributed by atoms with Gasteiger partial charge in [-0.1, -0.05) is 6.07 Å². The Morgan fingerprint density at radius 3 is 3.20 bits per heavy atom. The summed E-state index contributed by atoms with van der Waals surface area (Å²) in [6.07, 6.45) is 2.08. The van der Waals surface area contributed by atoms with E-state index in [9.17, 15) is 4.39 Å². The third-order valence-corrected chi connectivity index (χ3v) is 2.89. The summed E-state index contributed by atoms with van der Waals surface area (Å²) in [7, 11) is 1.72. The fourth-order valence-corrected chi connectivity index (χ4v) is 2.02. The molecule has 0 amide bonds. The van der Waals surface area contributed by atoms with Crippen molar-refractivity contribution in [1.82, 2.24) is 0 Å². The van der Waals surface area contributed by atoms with Crippen LogP contribution in [0.3, 0.4) is 0 Å². The van der Waals surface area contributed by atoms with E-state index in [0.717, 1.165) is 31.7 Å². The second kappa shape index (κ2) is 4.62. The Labute approximate surface area is 89.4 Å². The highest BCUT2D eigenvalue weighted by atomic mass is 19.1. The molecule has 0 aromatic heterocycles. The van der Waals surface area contributed by atoms with Crippen LogP contribution in [-0.4, -0.2) is 20.3 Å². The Morgan fingerprint density at radius 1 is 1.53 bits per heavy atom. The van der Waals surface area contributed by atoms with E-state index in [1.165, 1.54) is 11.6 Å². The third kappa shape index (κ3) is 2.48. The van der Waals surface area contributed by atoms with E-state index in [2.05, 4.69) is 5.32 Å². The molecule has 0 saturated heterocycles. The molecule has 1 heterocycles. The molecular weight excluding hydrogens is 193 g/mol. The minimum atomic E-state index is -0.170. The molecule has 0 spiro atoms. The highest BCUT2D eigenvalue weighted by Gasteiger charge is 2.17. The summed E-state index contributed by atoms with van der Waals surface area (Å²) in [4.78, 5) is 0. The Bertz CT molecular complexity index is 340. The summed E-state index contributed by atoms with van der Waals surface area (Å²) in [5.41, 5.74) is 2.16. The fraction of sp³-hybridized carbons (Fsp3) is 0.500. The number of nitrogens with one attached hydrogen (secondary N) is 1. The first-order valence-corrected chi connectivity index (χ1v) is 5.31. The first-order valence-electron chi connectivity index (χ1n) is 5.31. The van der Waals surface area contributed by atoms with Crippen molar-refractivity contribution in [3.63, 3.8) is 0 Å². The molecule has 1 aromatic carbocycles. The van der Waals surface area contributed by atoms with E-state index >= 15 is 0 Å². The Hall–Kier alpha value is -1.09. The van der Waals surface area contributed by atoms with Gasteiger partial charge < -0.3 is 10.1 Å². The van der Waals surface area contributed by atoms with Crippen LogP contribution in [0.5, 0.6) is 0 Å². The SMILES string of the molecule is COCCC1CNc2cc(F)ccc2C1. The largest absolute Gasteiger partial charge is 0.385 e. The van der Waals surface area contributed by atoms with Gasteiger partial charge in [-0.3, -0.25) is 0 Å². The lowest BCUT2D eigenvalue weighted by Crippen LogP contribution is -2.24. The van der Waals surface area contributed by atoms with Crippen LogP contribution in [0.2, 0.25) is 0 Å². The van der Waals surface area contributed by atoms with Gasteiger partial charge >= 0.3 is 0 Å². The van der Waals surface area contributed by atoms with Gasteiger partial charge in [0.2, 0.25) is 0 Å². The van der Waals surface area contributed by atoms with Crippen molar-refractivity contribution in [3.8, 4) is 0 Å². The lowest BCUT2D eigenvalue weighted by Gasteiger charge is -2.25. The molecule has 0 bridgehead atoms. The highest BCUT2D eigenvalue weighted by Crippen LogP contribution is 2.26. The van der Waals surface area contributed by atoms with E-state index in [1.54, 1.807) is 13.2 Å². The zero-order chi connectivity index (χ0) is 10.7. The van der Waals surface area contributed by atoms with Crippen LogP contribution in [0.4, 0.5) is 10.1 Å². The molecule has 0 saturated carbocycles. The summed E-state index contributed by atoms with van der Waals surface area (Å²) in [6, 6.07) is 4.97. The zero-order valence-corrected chi connectivity index (χ0v) is 8.92. The Balaban J connectivity index is 2.03. The molecule has 82 valence electrons. The lowest BCUT2D eigenvalue weighted by atomic mass is 9.92. The third-order valence-electron chi connectivity index (χ3n) is 2.89. The van der Waals surface area contributed by atoms with Crippen molar-refractivity contribution in [2.75, 3.05) is 25.6 Å². The van der Waals surface area contributed by atoms with Gasteiger partial charge in [-0.15, -0.1) is 0 Å². The first-order chi connectivity index (χ1) is 7.29. The number of ether oxygens (including phenoxy) is 1. The quantitative estimate of drug-likeness (QED) is 0.825. The molecule has 0 radical (unpaired) electrons. The second-order valence-electron chi connectivity index (χ2n) is 4.03. The molecule has 1 aromatic rings. The van der Waals surface area contributed by atoms with Crippen molar-refractivity contribution in [1.29, 1.82) is 0 Å². The van der Waals surface area contributed by atoms with Gasteiger partial charge in [0, 0.05) is 25.9 Å². The molecule has 2 rings (SSSR count). The van der Waals surface area contributed by atoms with Crippen LogP contribution in [-0.2, 0) is 11.2 Å². The molecule has 0 fully saturated rings. The molecule has 1 N–H and O–H groups in total. The van der Waals surface area contributed by atoms with E-state index in [1.807, 2.05) is 6.07 Å². The maximum absolute atomic E-state index is 12.9. The van der Waals surface area contributed by atoms with Crippen molar-refractivity contribution >= 4 is 5.69 Å². The molecule has 1 atom stereocenters. The van der Waals surface area contributed by atoms with Crippen molar-refractivity contribution in [2.24, 2.45) is 5.92 Å². The number of anilines is 1. The number of methoxy groups -OCH3 is 1. The van der Waals surface area contributed by atoms with E-state index < -0.39 is 0 Å². The topological polar surface area (TPSA) is 21.3 Å². The number of hydrogen-bond donors (Lipinski definition) is 1. The summed E-state index contributed by atoms with van der Waals surface area (Å²) < 4.78 is 18.0. The predicted molar refractivity (Wildman–Crippen MR) is 58.6 cm³/mol. The number of halogens is 1. The molecule has 1 unspecified atom stereocenters. The highest BCUT2D eigenvalue weighted by molar-refractivity contribution is 5.53. The van der Waals surface area contributed by atoms with Gasteiger partial charge in [-0.25, -0.2) is 4.39 Å². The Morgan fingerprint density at radius 2 is 2.40 bits per heavy atom. The second-order valence-corrected chi connectivity index (χ2v) is 4.03. The van der Waals surface area contributed by atoms with Gasteiger partial charge in [0.25, 0.3) is 0 Å². The molecule has 0 aliphatic carbocycles. The normalized spacial score (nSPS) is 19.5. The number of hydrogen-bond acceptors (Lipinski definition) is 2. The maximum Gasteiger partial charge on any atom is 0.125 e. The summed E-state index contributed by atoms with van der Waals surface area (Å²) >= 11 is 0. The molecule has 15 heavy (non-hydrogen) atoms. The maximum atomic E-state index is 12.9. The molecule has 1 aliphatic rings. The van der Waals surface area contributed by atoms with Crippen molar-refractivity contribution < 1.29 is 9.13 Å². The van der Waals surface area contributed by atoms with Crippen molar-refractivity contribution in [2.45, 2.75) is 12.8 Å². The van der Waals surface area contributed by atoms with Gasteiger partial charge in [-0.2, -0.15) is 0 Å². The van der Waals surface area contributed by atoms with Crippen LogP contribution in [0, 0.1) is 11.7 Å². The average Bonchev–Trinajstić information content (AvgIpc) is 2.26. The van der Waals surface area contributed by atoms with Crippen LogP contribution in [0.25, 0.3) is 0 Å². The number of rotatable bonds is 3. The minimum absolute atomic E-state index is 0.170. The van der Waals surface area contributed by atoms with Crippen LogP contribution in [0.15, 0.2) is 18.2 Å². The summed E-state index contributed by atoms with van der Waals surface area (Å²) in [5.74, 6) is 0.430. The molecule has 3 heteroatoms. The standard InChI is InChI=1S/C12H16FNO/c1-15-5-4-9-6-10-2-3-11(13)7-12(10)14-8-9/h2-3,7,9,14H,4-6,8H2,1H3. The van der Waals surface area contributed by atoms with Crippen LogP contribution < -0.4 is 5.32 Å². The lowest BCUT2D eigenvalue weighted by molar-refractivity contribution is 0.178. The first kappa shape index (κ1) is 10.4. The zero-order valence-electron chi connectivity index (χ0n) is 8.92. The minimum Gasteiger partial charge on any atom is -0.385 e. The van der Waals surface area contributed by atoms with E-state index in [0.29, 0.717) is 5.92 Å². The van der Waals surface area contributed by atoms with Crippen molar-refractivity contribution in [3.05, 3.63) is 29.6 Å². The van der Waals surface area contributed by atoms with Gasteiger partial charge in [0.05, 0.1) is 0 Å². The van der Waals surface area contributed by atoms with Crippen LogP contribution in [0.1, 0.15) is 12.0 Å². The van der Waals surface area contributed by atoms with Gasteiger partial charge in [-0.05, 0) is 36.5 Å². The molecule has 2 nitrogen and oxygen atoms in total. The van der Waals surface area contributed by atoms with E-state index in [4.69, 9.17) is 4.74 Å². The Kier molecular flexibility index (Phi) is 3.21. The summed E-state index contributed by atoms with van der Waals surface area (Å²) in [6.45, 7) is 1.71. The molecular formula is C12H16FNO. The number of benzene rings is 1. The van der Waals surface area contributed by atoms with Crippen LogP contribution >= 0.6 is 0 Å². The van der Waals surface area contributed by atoms with Gasteiger partial charge in [0.1, 0.15) is 5.82 Å². The van der Waals surface area contributed by atoms with E-state index in [-0.39, 0.29) is 5.82 Å². The fourth-order valence-electron chi connectivity index (χ4n) is 2.02. The monoisotopic (exact) mass is 209 g/mol. The van der Waals surface area contributed by atoms with Gasteiger partial charge in [0.15, 0.2) is 0 Å². The molecule has 1 aliphatic heterocycles. The summed E-state index contributed by atoms with van der Waals surface area (Å²) in [5, 5.41) is 3.27.